The lowest BCUT2D eigenvalue weighted by Gasteiger charge is -2.20. The van der Waals surface area contributed by atoms with E-state index in [9.17, 15) is 5.11 Å². The number of rotatable bonds is 7. The number of nitrogens with one attached hydrogen (secondary N) is 1. The Balaban J connectivity index is 1.24. The number of likely N-dealkylation sites (N-methyl/N-ethyl adjacent to an activating group) is 1. The first-order valence-corrected chi connectivity index (χ1v) is 11.7. The number of hydrogen-bond acceptors (Lipinski definition) is 9. The van der Waals surface area contributed by atoms with Gasteiger partial charge in [0, 0.05) is 32.4 Å². The number of hydrogen-bond donors (Lipinski definition) is 2. The van der Waals surface area contributed by atoms with Gasteiger partial charge in [0.05, 0.1) is 29.2 Å². The molecule has 0 unspecified atom stereocenters. The van der Waals surface area contributed by atoms with Gasteiger partial charge in [0.15, 0.2) is 5.82 Å². The first-order valence-electron chi connectivity index (χ1n) is 11.7. The Morgan fingerprint density at radius 3 is 2.75 bits per heavy atom. The standard InChI is InChI=1S/C26H26N8O2/c1-16-10-17(4-7-22(16)36-18-5-6-21-19(11-18)30-15-34(21)3)31-24-23-20(28-14-29-24)12-27-25(32-23)33(2)13-26(35)8-9-26/h4-7,10-12,14-15,35H,8-9,13H2,1-3H3,(H,28,29,31). The highest BCUT2D eigenvalue weighted by Crippen LogP contribution is 2.36. The van der Waals surface area contributed by atoms with Crippen LogP contribution >= 0.6 is 0 Å². The second kappa shape index (κ2) is 8.42. The van der Waals surface area contributed by atoms with E-state index in [2.05, 4.69) is 30.2 Å². The first-order chi connectivity index (χ1) is 17.4. The van der Waals surface area contributed by atoms with Crippen molar-refractivity contribution in [2.24, 2.45) is 7.05 Å². The molecule has 0 amide bonds. The highest BCUT2D eigenvalue weighted by atomic mass is 16.5. The number of anilines is 3. The number of aliphatic hydroxyl groups is 1. The molecule has 0 saturated heterocycles. The summed E-state index contributed by atoms with van der Waals surface area (Å²) < 4.78 is 8.12. The van der Waals surface area contributed by atoms with Crippen LogP contribution in [0, 0.1) is 6.92 Å². The van der Waals surface area contributed by atoms with Crippen LogP contribution in [0.5, 0.6) is 11.5 Å². The highest BCUT2D eigenvalue weighted by molar-refractivity contribution is 5.87. The maximum absolute atomic E-state index is 10.3. The lowest BCUT2D eigenvalue weighted by atomic mass is 10.2. The van der Waals surface area contributed by atoms with Crippen molar-refractivity contribution in [1.29, 1.82) is 0 Å². The third kappa shape index (κ3) is 4.27. The number of benzene rings is 2. The fourth-order valence-corrected chi connectivity index (χ4v) is 4.22. The molecule has 36 heavy (non-hydrogen) atoms. The van der Waals surface area contributed by atoms with Crippen molar-refractivity contribution < 1.29 is 9.84 Å². The van der Waals surface area contributed by atoms with Gasteiger partial charge in [-0.1, -0.05) is 0 Å². The second-order valence-electron chi connectivity index (χ2n) is 9.42. The van der Waals surface area contributed by atoms with E-state index >= 15 is 0 Å². The Morgan fingerprint density at radius 2 is 1.94 bits per heavy atom. The van der Waals surface area contributed by atoms with Crippen molar-refractivity contribution in [3.05, 3.63) is 60.8 Å². The van der Waals surface area contributed by atoms with Crippen LogP contribution in [-0.4, -0.2) is 53.8 Å². The molecule has 10 nitrogen and oxygen atoms in total. The number of imidazole rings is 1. The fraction of sp³-hybridized carbons (Fsp3) is 0.269. The van der Waals surface area contributed by atoms with Crippen LogP contribution in [0.4, 0.5) is 17.5 Å². The van der Waals surface area contributed by atoms with Crippen molar-refractivity contribution in [3.8, 4) is 11.5 Å². The van der Waals surface area contributed by atoms with E-state index < -0.39 is 5.60 Å². The van der Waals surface area contributed by atoms with Gasteiger partial charge in [-0.25, -0.2) is 24.9 Å². The molecule has 0 aliphatic heterocycles. The Kier molecular flexibility index (Phi) is 5.18. The molecule has 5 aromatic rings. The molecule has 1 aliphatic carbocycles. The van der Waals surface area contributed by atoms with Crippen LogP contribution < -0.4 is 15.0 Å². The van der Waals surface area contributed by atoms with E-state index in [1.54, 1.807) is 12.5 Å². The van der Waals surface area contributed by atoms with Crippen LogP contribution in [0.25, 0.3) is 22.1 Å². The number of aromatic nitrogens is 6. The van der Waals surface area contributed by atoms with Gasteiger partial charge < -0.3 is 24.6 Å². The maximum Gasteiger partial charge on any atom is 0.225 e. The number of nitrogens with zero attached hydrogens (tertiary/aromatic N) is 7. The molecule has 2 N–H and O–H groups in total. The number of aryl methyl sites for hydroxylation is 2. The fourth-order valence-electron chi connectivity index (χ4n) is 4.22. The van der Waals surface area contributed by atoms with Gasteiger partial charge in [-0.2, -0.15) is 0 Å². The minimum absolute atomic E-state index is 0.489. The Bertz CT molecular complexity index is 1590. The average molecular weight is 483 g/mol. The van der Waals surface area contributed by atoms with Gasteiger partial charge >= 0.3 is 0 Å². The summed E-state index contributed by atoms with van der Waals surface area (Å²) in [5.74, 6) is 2.59. The molecule has 1 fully saturated rings. The smallest absolute Gasteiger partial charge is 0.225 e. The largest absolute Gasteiger partial charge is 0.457 e. The topological polar surface area (TPSA) is 114 Å². The van der Waals surface area contributed by atoms with Crippen molar-refractivity contribution in [2.75, 3.05) is 23.8 Å². The Hall–Kier alpha value is -4.31. The number of ether oxygens (including phenoxy) is 1. The quantitative estimate of drug-likeness (QED) is 0.354. The maximum atomic E-state index is 10.3. The normalized spacial score (nSPS) is 14.2. The Labute approximate surface area is 207 Å². The summed E-state index contributed by atoms with van der Waals surface area (Å²) in [6, 6.07) is 11.7. The molecule has 0 radical (unpaired) electrons. The summed E-state index contributed by atoms with van der Waals surface area (Å²) in [5, 5.41) is 13.6. The molecular weight excluding hydrogens is 456 g/mol. The molecule has 0 atom stereocenters. The van der Waals surface area contributed by atoms with E-state index in [0.29, 0.717) is 29.3 Å². The molecule has 1 saturated carbocycles. The van der Waals surface area contributed by atoms with Crippen LogP contribution in [0.3, 0.4) is 0 Å². The molecular formula is C26H26N8O2. The van der Waals surface area contributed by atoms with Crippen LogP contribution in [-0.2, 0) is 7.05 Å². The van der Waals surface area contributed by atoms with Gasteiger partial charge in [-0.15, -0.1) is 0 Å². The summed E-state index contributed by atoms with van der Waals surface area (Å²) in [7, 11) is 3.85. The summed E-state index contributed by atoms with van der Waals surface area (Å²) in [5.41, 5.74) is 4.37. The lowest BCUT2D eigenvalue weighted by molar-refractivity contribution is 0.157. The van der Waals surface area contributed by atoms with E-state index in [4.69, 9.17) is 4.74 Å². The molecule has 1 aliphatic rings. The van der Waals surface area contributed by atoms with Crippen LogP contribution in [0.2, 0.25) is 0 Å². The SMILES string of the molecule is Cc1cc(Nc2ncnc3cnc(N(C)CC4(O)CC4)nc23)ccc1Oc1ccc2c(c1)ncn2C. The van der Waals surface area contributed by atoms with Crippen molar-refractivity contribution >= 4 is 39.5 Å². The predicted molar refractivity (Wildman–Crippen MR) is 138 cm³/mol. The molecule has 182 valence electrons. The molecule has 3 aromatic heterocycles. The average Bonchev–Trinajstić information content (AvgIpc) is 3.48. The molecule has 2 aromatic carbocycles. The van der Waals surface area contributed by atoms with Gasteiger partial charge in [0.25, 0.3) is 0 Å². The third-order valence-corrected chi connectivity index (χ3v) is 6.43. The summed E-state index contributed by atoms with van der Waals surface area (Å²) in [6.07, 6.45) is 6.56. The zero-order valence-electron chi connectivity index (χ0n) is 20.3. The molecule has 3 heterocycles. The van der Waals surface area contributed by atoms with Gasteiger partial charge in [-0.05, 0) is 55.7 Å². The van der Waals surface area contributed by atoms with E-state index in [0.717, 1.165) is 46.6 Å². The number of fused-ring (bicyclic) bond motifs is 2. The molecule has 10 heteroatoms. The van der Waals surface area contributed by atoms with Gasteiger partial charge in [0.2, 0.25) is 5.95 Å². The summed E-state index contributed by atoms with van der Waals surface area (Å²) in [4.78, 5) is 24.1. The molecule has 0 spiro atoms. The van der Waals surface area contributed by atoms with E-state index in [-0.39, 0.29) is 0 Å². The van der Waals surface area contributed by atoms with Crippen molar-refractivity contribution in [2.45, 2.75) is 25.4 Å². The van der Waals surface area contributed by atoms with Gasteiger partial charge in [-0.3, -0.25) is 0 Å². The summed E-state index contributed by atoms with van der Waals surface area (Å²) in [6.45, 7) is 2.48. The summed E-state index contributed by atoms with van der Waals surface area (Å²) >= 11 is 0. The van der Waals surface area contributed by atoms with Crippen LogP contribution in [0.1, 0.15) is 18.4 Å². The van der Waals surface area contributed by atoms with E-state index in [1.165, 1.54) is 6.33 Å². The van der Waals surface area contributed by atoms with Crippen LogP contribution in [0.15, 0.2) is 55.2 Å². The minimum Gasteiger partial charge on any atom is -0.457 e. The highest BCUT2D eigenvalue weighted by Gasteiger charge is 2.41. The third-order valence-electron chi connectivity index (χ3n) is 6.43. The molecule has 0 bridgehead atoms. The second-order valence-corrected chi connectivity index (χ2v) is 9.42. The monoisotopic (exact) mass is 482 g/mol. The Morgan fingerprint density at radius 1 is 1.08 bits per heavy atom. The van der Waals surface area contributed by atoms with Gasteiger partial charge in [0.1, 0.15) is 28.9 Å². The predicted octanol–water partition coefficient (Wildman–Crippen LogP) is 4.11. The van der Waals surface area contributed by atoms with E-state index in [1.807, 2.05) is 66.9 Å². The zero-order chi connectivity index (χ0) is 24.9. The first kappa shape index (κ1) is 22.2. The lowest BCUT2D eigenvalue weighted by Crippen LogP contribution is -2.31. The van der Waals surface area contributed by atoms with Crippen molar-refractivity contribution in [3.63, 3.8) is 0 Å². The van der Waals surface area contributed by atoms with Crippen molar-refractivity contribution in [1.82, 2.24) is 29.5 Å². The minimum atomic E-state index is -0.633. The zero-order valence-corrected chi connectivity index (χ0v) is 20.3. The molecule has 6 rings (SSSR count).